The number of ether oxygens (including phenoxy) is 2. The first-order valence-corrected chi connectivity index (χ1v) is 7.38. The van der Waals surface area contributed by atoms with Crippen LogP contribution in [0.25, 0.3) is 0 Å². The first-order valence-electron chi connectivity index (χ1n) is 7.38. The number of rotatable bonds is 8. The van der Waals surface area contributed by atoms with Crippen molar-refractivity contribution in [3.8, 4) is 11.5 Å². The Morgan fingerprint density at radius 1 is 0.955 bits per heavy atom. The van der Waals surface area contributed by atoms with E-state index in [0.717, 1.165) is 24.5 Å². The van der Waals surface area contributed by atoms with Gasteiger partial charge in [-0.15, -0.1) is 6.58 Å². The first kappa shape index (κ1) is 16.1. The second-order valence-corrected chi connectivity index (χ2v) is 5.08. The van der Waals surface area contributed by atoms with Gasteiger partial charge in [0.25, 0.3) is 0 Å². The molecule has 3 nitrogen and oxygen atoms in total. The molecule has 0 saturated carbocycles. The first-order chi connectivity index (χ1) is 10.8. The molecule has 2 rings (SSSR count). The third-order valence-corrected chi connectivity index (χ3v) is 3.63. The molecule has 22 heavy (non-hydrogen) atoms. The summed E-state index contributed by atoms with van der Waals surface area (Å²) in [4.78, 5) is 0. The van der Waals surface area contributed by atoms with E-state index in [4.69, 9.17) is 9.47 Å². The topological polar surface area (TPSA) is 30.5 Å². The highest BCUT2D eigenvalue weighted by molar-refractivity contribution is 5.30. The largest absolute Gasteiger partial charge is 0.497 e. The molecule has 1 atom stereocenters. The van der Waals surface area contributed by atoms with Crippen molar-refractivity contribution in [2.75, 3.05) is 14.2 Å². The fraction of sp³-hybridized carbons (Fsp3) is 0.263. The van der Waals surface area contributed by atoms with Gasteiger partial charge in [0.2, 0.25) is 0 Å². The maximum absolute atomic E-state index is 5.21. The van der Waals surface area contributed by atoms with Crippen LogP contribution in [0.3, 0.4) is 0 Å². The van der Waals surface area contributed by atoms with Crippen LogP contribution in [0.5, 0.6) is 11.5 Å². The molecule has 0 saturated heterocycles. The quantitative estimate of drug-likeness (QED) is 0.744. The summed E-state index contributed by atoms with van der Waals surface area (Å²) in [6.07, 6.45) is 2.82. The molecule has 2 aromatic carbocycles. The maximum atomic E-state index is 5.21. The van der Waals surface area contributed by atoms with Crippen molar-refractivity contribution >= 4 is 0 Å². The van der Waals surface area contributed by atoms with Gasteiger partial charge in [0.1, 0.15) is 11.5 Å². The molecule has 0 unspecified atom stereocenters. The minimum atomic E-state index is 0.241. The van der Waals surface area contributed by atoms with Gasteiger partial charge in [0, 0.05) is 12.6 Å². The zero-order valence-electron chi connectivity index (χ0n) is 13.2. The van der Waals surface area contributed by atoms with Gasteiger partial charge in [-0.2, -0.15) is 0 Å². The van der Waals surface area contributed by atoms with E-state index in [2.05, 4.69) is 36.2 Å². The fourth-order valence-electron chi connectivity index (χ4n) is 2.32. The summed E-state index contributed by atoms with van der Waals surface area (Å²) in [6.45, 7) is 4.66. The van der Waals surface area contributed by atoms with Crippen LogP contribution in [-0.2, 0) is 6.54 Å². The fourth-order valence-corrected chi connectivity index (χ4v) is 2.32. The Kier molecular flexibility index (Phi) is 6.04. The van der Waals surface area contributed by atoms with Gasteiger partial charge < -0.3 is 14.8 Å². The van der Waals surface area contributed by atoms with E-state index in [1.165, 1.54) is 11.1 Å². The van der Waals surface area contributed by atoms with Crippen molar-refractivity contribution in [2.45, 2.75) is 19.0 Å². The van der Waals surface area contributed by atoms with Crippen LogP contribution in [0.4, 0.5) is 0 Å². The van der Waals surface area contributed by atoms with Crippen LogP contribution in [0.1, 0.15) is 23.6 Å². The van der Waals surface area contributed by atoms with Crippen molar-refractivity contribution in [3.05, 3.63) is 72.3 Å². The zero-order chi connectivity index (χ0) is 15.8. The summed E-state index contributed by atoms with van der Waals surface area (Å²) in [7, 11) is 3.36. The maximum Gasteiger partial charge on any atom is 0.118 e. The Bertz CT molecular complexity index is 575. The summed E-state index contributed by atoms with van der Waals surface area (Å²) >= 11 is 0. The van der Waals surface area contributed by atoms with E-state index in [1.807, 2.05) is 30.3 Å². The molecule has 0 amide bonds. The summed E-state index contributed by atoms with van der Waals surface area (Å²) in [5.74, 6) is 1.75. The number of benzene rings is 2. The molecule has 1 N–H and O–H groups in total. The lowest BCUT2D eigenvalue weighted by Crippen LogP contribution is -2.20. The Labute approximate surface area is 132 Å². The zero-order valence-corrected chi connectivity index (χ0v) is 13.2. The highest BCUT2D eigenvalue weighted by Gasteiger charge is 2.09. The average molecular weight is 297 g/mol. The highest BCUT2D eigenvalue weighted by atomic mass is 16.5. The van der Waals surface area contributed by atoms with Crippen LogP contribution in [-0.4, -0.2) is 14.2 Å². The summed E-state index contributed by atoms with van der Waals surface area (Å²) < 4.78 is 10.4. The smallest absolute Gasteiger partial charge is 0.118 e. The molecule has 0 heterocycles. The molecule has 0 aliphatic carbocycles. The predicted octanol–water partition coefficient (Wildman–Crippen LogP) is 4.11. The summed E-state index contributed by atoms with van der Waals surface area (Å²) in [5, 5.41) is 3.58. The van der Waals surface area contributed by atoms with Gasteiger partial charge in [0.15, 0.2) is 0 Å². The van der Waals surface area contributed by atoms with Gasteiger partial charge in [-0.1, -0.05) is 30.3 Å². The lowest BCUT2D eigenvalue weighted by Gasteiger charge is -2.18. The van der Waals surface area contributed by atoms with Crippen molar-refractivity contribution in [1.82, 2.24) is 5.32 Å². The van der Waals surface area contributed by atoms with Crippen LogP contribution < -0.4 is 14.8 Å². The molecule has 0 aliphatic rings. The van der Waals surface area contributed by atoms with Gasteiger partial charge in [-0.3, -0.25) is 0 Å². The second kappa shape index (κ2) is 8.25. The lowest BCUT2D eigenvalue weighted by atomic mass is 10.0. The van der Waals surface area contributed by atoms with E-state index >= 15 is 0 Å². The van der Waals surface area contributed by atoms with Gasteiger partial charge in [-0.25, -0.2) is 0 Å². The third-order valence-electron chi connectivity index (χ3n) is 3.63. The molecule has 0 aliphatic heterocycles. The lowest BCUT2D eigenvalue weighted by molar-refractivity contribution is 0.414. The van der Waals surface area contributed by atoms with Crippen molar-refractivity contribution in [2.24, 2.45) is 0 Å². The summed E-state index contributed by atoms with van der Waals surface area (Å²) in [6, 6.07) is 16.5. The van der Waals surface area contributed by atoms with Crippen molar-refractivity contribution in [1.29, 1.82) is 0 Å². The predicted molar refractivity (Wildman–Crippen MR) is 90.4 cm³/mol. The van der Waals surface area contributed by atoms with E-state index < -0.39 is 0 Å². The Morgan fingerprint density at radius 2 is 1.50 bits per heavy atom. The van der Waals surface area contributed by atoms with Crippen LogP contribution >= 0.6 is 0 Å². The Morgan fingerprint density at radius 3 is 2.00 bits per heavy atom. The van der Waals surface area contributed by atoms with Gasteiger partial charge >= 0.3 is 0 Å². The molecule has 3 heteroatoms. The normalized spacial score (nSPS) is 11.7. The van der Waals surface area contributed by atoms with E-state index in [9.17, 15) is 0 Å². The Hall–Kier alpha value is -2.26. The molecule has 0 fully saturated rings. The molecule has 0 bridgehead atoms. The summed E-state index contributed by atoms with van der Waals surface area (Å²) in [5.41, 5.74) is 2.46. The van der Waals surface area contributed by atoms with E-state index in [1.54, 1.807) is 14.2 Å². The molecule has 0 spiro atoms. The van der Waals surface area contributed by atoms with E-state index in [0.29, 0.717) is 0 Å². The number of hydrogen-bond acceptors (Lipinski definition) is 3. The molecule has 2 aromatic rings. The van der Waals surface area contributed by atoms with Crippen LogP contribution in [0.2, 0.25) is 0 Å². The van der Waals surface area contributed by atoms with Crippen molar-refractivity contribution < 1.29 is 9.47 Å². The molecular weight excluding hydrogens is 274 g/mol. The number of nitrogens with one attached hydrogen (secondary N) is 1. The van der Waals surface area contributed by atoms with Crippen LogP contribution in [0.15, 0.2) is 61.2 Å². The van der Waals surface area contributed by atoms with Crippen molar-refractivity contribution in [3.63, 3.8) is 0 Å². The molecule has 116 valence electrons. The third kappa shape index (κ3) is 4.37. The second-order valence-electron chi connectivity index (χ2n) is 5.08. The minimum Gasteiger partial charge on any atom is -0.497 e. The highest BCUT2D eigenvalue weighted by Crippen LogP contribution is 2.21. The standard InChI is InChI=1S/C19H23NO2/c1-4-5-19(16-8-12-18(22-3)13-9-16)20-14-15-6-10-17(21-2)11-7-15/h4,6-13,19-20H,1,5,14H2,2-3H3/t19-/m0/s1. The van der Waals surface area contributed by atoms with Gasteiger partial charge in [-0.05, 0) is 41.8 Å². The minimum absolute atomic E-state index is 0.241. The molecular formula is C19H23NO2. The molecule has 0 radical (unpaired) electrons. The SMILES string of the molecule is C=CC[C@H](NCc1ccc(OC)cc1)c1ccc(OC)cc1. The van der Waals surface area contributed by atoms with Gasteiger partial charge in [0.05, 0.1) is 14.2 Å². The van der Waals surface area contributed by atoms with Crippen LogP contribution in [0, 0.1) is 0 Å². The number of hydrogen-bond donors (Lipinski definition) is 1. The monoisotopic (exact) mass is 297 g/mol. The van der Waals surface area contributed by atoms with E-state index in [-0.39, 0.29) is 6.04 Å². The number of methoxy groups -OCH3 is 2. The Balaban J connectivity index is 2.02. The average Bonchev–Trinajstić information content (AvgIpc) is 2.59. The molecule has 0 aromatic heterocycles.